The number of anilines is 1. The van der Waals surface area contributed by atoms with Gasteiger partial charge < -0.3 is 5.11 Å². The van der Waals surface area contributed by atoms with E-state index in [1.54, 1.807) is 66.7 Å². The largest absolute Gasteiger partial charge is 0.507 e. The number of hydrogen-bond donors (Lipinski definition) is 1. The first kappa shape index (κ1) is 21.2. The maximum absolute atomic E-state index is 13.4. The second kappa shape index (κ2) is 9.01. The van der Waals surface area contributed by atoms with E-state index in [4.69, 9.17) is 0 Å². The van der Waals surface area contributed by atoms with Crippen LogP contribution in [0.15, 0.2) is 108 Å². The number of benzene rings is 4. The van der Waals surface area contributed by atoms with Gasteiger partial charge in [0.05, 0.1) is 10.6 Å². The number of para-hydroxylation sites is 1. The zero-order valence-electron chi connectivity index (χ0n) is 17.4. The quantitative estimate of drug-likeness (QED) is 0.334. The highest BCUT2D eigenvalue weighted by Gasteiger charge is 2.23. The van der Waals surface area contributed by atoms with E-state index in [0.29, 0.717) is 16.8 Å². The van der Waals surface area contributed by atoms with Crippen LogP contribution in [0.3, 0.4) is 0 Å². The Balaban J connectivity index is 1.85. The monoisotopic (exact) mass is 439 g/mol. The van der Waals surface area contributed by atoms with E-state index >= 15 is 0 Å². The first-order valence-corrected chi connectivity index (χ1v) is 11.5. The number of nitrogens with zero attached hydrogens (tertiary/aromatic N) is 1. The number of hydrogen-bond acceptors (Lipinski definition) is 3. The van der Waals surface area contributed by atoms with Crippen LogP contribution in [-0.2, 0) is 10.0 Å². The molecule has 0 saturated carbocycles. The molecule has 0 aliphatic rings. The van der Waals surface area contributed by atoms with Gasteiger partial charge in [-0.1, -0.05) is 72.3 Å². The van der Waals surface area contributed by atoms with Crippen molar-refractivity contribution in [2.45, 2.75) is 11.8 Å². The van der Waals surface area contributed by atoms with Crippen molar-refractivity contribution in [2.75, 3.05) is 4.31 Å². The average Bonchev–Trinajstić information content (AvgIpc) is 2.81. The van der Waals surface area contributed by atoms with E-state index < -0.39 is 10.0 Å². The van der Waals surface area contributed by atoms with Crippen molar-refractivity contribution >= 4 is 15.7 Å². The van der Waals surface area contributed by atoms with Crippen LogP contribution in [0, 0.1) is 18.9 Å². The molecular formula is C27H21NO3S. The second-order valence-electron chi connectivity index (χ2n) is 7.22. The smallest absolute Gasteiger partial charge is 0.275 e. The van der Waals surface area contributed by atoms with Gasteiger partial charge in [0.15, 0.2) is 0 Å². The summed E-state index contributed by atoms with van der Waals surface area (Å²) in [6.45, 7) is 1.94. The SMILES string of the molecule is Cc1ccc(N(C#Cc2ccccc2-c2ccccc2O)S(=O)(=O)c2ccccc2)cc1. The van der Waals surface area contributed by atoms with Crippen LogP contribution in [0.1, 0.15) is 11.1 Å². The lowest BCUT2D eigenvalue weighted by atomic mass is 9.99. The molecule has 1 N–H and O–H groups in total. The van der Waals surface area contributed by atoms with Crippen LogP contribution < -0.4 is 4.31 Å². The summed E-state index contributed by atoms with van der Waals surface area (Å²) >= 11 is 0. The third-order valence-corrected chi connectivity index (χ3v) is 6.61. The highest BCUT2D eigenvalue weighted by molar-refractivity contribution is 7.93. The van der Waals surface area contributed by atoms with Gasteiger partial charge in [0.25, 0.3) is 10.0 Å². The molecule has 0 atom stereocenters. The van der Waals surface area contributed by atoms with E-state index in [0.717, 1.165) is 15.4 Å². The molecule has 158 valence electrons. The number of aryl methyl sites for hydroxylation is 1. The topological polar surface area (TPSA) is 57.6 Å². The Labute approximate surface area is 188 Å². The molecule has 5 heteroatoms. The molecule has 0 saturated heterocycles. The third kappa shape index (κ3) is 4.36. The van der Waals surface area contributed by atoms with Crippen LogP contribution in [0.4, 0.5) is 5.69 Å². The predicted molar refractivity (Wildman–Crippen MR) is 128 cm³/mol. The molecule has 0 unspecified atom stereocenters. The Hall–Kier alpha value is -4.01. The van der Waals surface area contributed by atoms with E-state index in [1.165, 1.54) is 0 Å². The number of sulfonamides is 1. The molecule has 0 spiro atoms. The van der Waals surface area contributed by atoms with Crippen molar-refractivity contribution in [3.05, 3.63) is 114 Å². The Morgan fingerprint density at radius 2 is 1.31 bits per heavy atom. The summed E-state index contributed by atoms with van der Waals surface area (Å²) in [5.41, 5.74) is 3.43. The minimum Gasteiger partial charge on any atom is -0.507 e. The molecule has 0 radical (unpaired) electrons. The molecule has 0 heterocycles. The molecular weight excluding hydrogens is 418 g/mol. The standard InChI is InChI=1S/C27H21NO3S/c1-21-15-17-23(18-16-21)28(32(30,31)24-10-3-2-4-11-24)20-19-22-9-5-6-12-25(22)26-13-7-8-14-27(26)29/h2-18,29H,1H3. The Bertz CT molecular complexity index is 1400. The van der Waals surface area contributed by atoms with Crippen LogP contribution in [0.2, 0.25) is 0 Å². The molecule has 0 aromatic heterocycles. The van der Waals surface area contributed by atoms with Crippen molar-refractivity contribution in [2.24, 2.45) is 0 Å². The fourth-order valence-electron chi connectivity index (χ4n) is 3.28. The summed E-state index contributed by atoms with van der Waals surface area (Å²) in [6.07, 6.45) is 0. The number of phenolic OH excluding ortho intramolecular Hbond substituents is 1. The van der Waals surface area contributed by atoms with Crippen molar-refractivity contribution < 1.29 is 13.5 Å². The van der Waals surface area contributed by atoms with Gasteiger partial charge in [-0.05, 0) is 49.2 Å². The first-order valence-electron chi connectivity index (χ1n) is 10.0. The number of phenols is 1. The molecule has 4 nitrogen and oxygen atoms in total. The maximum Gasteiger partial charge on any atom is 0.275 e. The summed E-state index contributed by atoms with van der Waals surface area (Å²) in [4.78, 5) is 0.156. The molecule has 0 bridgehead atoms. The molecule has 0 aliphatic heterocycles. The fourth-order valence-corrected chi connectivity index (χ4v) is 4.56. The molecule has 4 aromatic carbocycles. The lowest BCUT2D eigenvalue weighted by Gasteiger charge is -2.18. The van der Waals surface area contributed by atoms with E-state index in [2.05, 4.69) is 12.0 Å². The van der Waals surface area contributed by atoms with Gasteiger partial charge in [-0.25, -0.2) is 8.42 Å². The van der Waals surface area contributed by atoms with E-state index in [-0.39, 0.29) is 10.6 Å². The minimum absolute atomic E-state index is 0.133. The van der Waals surface area contributed by atoms with Crippen LogP contribution in [-0.4, -0.2) is 13.5 Å². The van der Waals surface area contributed by atoms with Crippen LogP contribution >= 0.6 is 0 Å². The summed E-state index contributed by atoms with van der Waals surface area (Å²) in [6, 6.07) is 32.6. The van der Waals surface area contributed by atoms with Gasteiger partial charge in [-0.2, -0.15) is 4.31 Å². The van der Waals surface area contributed by atoms with Crippen molar-refractivity contribution in [3.63, 3.8) is 0 Å². The number of rotatable bonds is 4. The van der Waals surface area contributed by atoms with Crippen molar-refractivity contribution in [3.8, 4) is 28.8 Å². The molecule has 4 rings (SSSR count). The predicted octanol–water partition coefficient (Wildman–Crippen LogP) is 5.57. The van der Waals surface area contributed by atoms with Crippen LogP contribution in [0.5, 0.6) is 5.75 Å². The summed E-state index contributed by atoms with van der Waals surface area (Å²) in [5.74, 6) is 3.15. The fraction of sp³-hybridized carbons (Fsp3) is 0.0370. The number of aromatic hydroxyl groups is 1. The molecule has 32 heavy (non-hydrogen) atoms. The minimum atomic E-state index is -3.91. The summed E-state index contributed by atoms with van der Waals surface area (Å²) in [7, 11) is -3.91. The van der Waals surface area contributed by atoms with Gasteiger partial charge in [-0.15, -0.1) is 0 Å². The van der Waals surface area contributed by atoms with E-state index in [9.17, 15) is 13.5 Å². The average molecular weight is 440 g/mol. The van der Waals surface area contributed by atoms with Gasteiger partial charge in [-0.3, -0.25) is 0 Å². The van der Waals surface area contributed by atoms with Gasteiger partial charge in [0.2, 0.25) is 0 Å². The summed E-state index contributed by atoms with van der Waals surface area (Å²) in [5, 5.41) is 10.3. The summed E-state index contributed by atoms with van der Waals surface area (Å²) < 4.78 is 28.0. The van der Waals surface area contributed by atoms with Gasteiger partial charge in [0, 0.05) is 22.7 Å². The zero-order valence-corrected chi connectivity index (χ0v) is 18.3. The Morgan fingerprint density at radius 1 is 0.719 bits per heavy atom. The zero-order chi connectivity index (χ0) is 22.6. The highest BCUT2D eigenvalue weighted by Crippen LogP contribution is 2.31. The van der Waals surface area contributed by atoms with Gasteiger partial charge in [0.1, 0.15) is 5.75 Å². The van der Waals surface area contributed by atoms with Crippen molar-refractivity contribution in [1.29, 1.82) is 0 Å². The van der Waals surface area contributed by atoms with Gasteiger partial charge >= 0.3 is 0 Å². The molecule has 0 fully saturated rings. The first-order chi connectivity index (χ1) is 15.5. The second-order valence-corrected chi connectivity index (χ2v) is 9.00. The molecule has 4 aromatic rings. The molecule has 0 aliphatic carbocycles. The molecule has 0 amide bonds. The normalized spacial score (nSPS) is 10.8. The Morgan fingerprint density at radius 3 is 2.00 bits per heavy atom. The maximum atomic E-state index is 13.4. The highest BCUT2D eigenvalue weighted by atomic mass is 32.2. The lowest BCUT2D eigenvalue weighted by molar-refractivity contribution is 0.477. The van der Waals surface area contributed by atoms with Crippen LogP contribution in [0.25, 0.3) is 11.1 Å². The van der Waals surface area contributed by atoms with E-state index in [1.807, 2.05) is 43.3 Å². The Kier molecular flexibility index (Phi) is 5.98. The third-order valence-electron chi connectivity index (χ3n) is 4.96. The van der Waals surface area contributed by atoms with Crippen molar-refractivity contribution in [1.82, 2.24) is 0 Å². The lowest BCUT2D eigenvalue weighted by Crippen LogP contribution is -2.26.